The monoisotopic (exact) mass is 424 g/mol. The molecule has 0 radical (unpaired) electrons. The van der Waals surface area contributed by atoms with Crippen molar-refractivity contribution >= 4 is 17.9 Å². The molecule has 164 valence electrons. The average Bonchev–Trinajstić information content (AvgIpc) is 3.13. The van der Waals surface area contributed by atoms with Crippen LogP contribution in [0.5, 0.6) is 11.5 Å². The number of hydrogen-bond acceptors (Lipinski definition) is 10. The lowest BCUT2D eigenvalue weighted by Crippen LogP contribution is -2.62. The van der Waals surface area contributed by atoms with E-state index in [0.717, 1.165) is 5.56 Å². The molecule has 2 aliphatic rings. The van der Waals surface area contributed by atoms with Gasteiger partial charge in [-0.2, -0.15) is 0 Å². The van der Waals surface area contributed by atoms with Crippen molar-refractivity contribution < 1.29 is 47.5 Å². The molecule has 1 aromatic rings. The minimum Gasteiger partial charge on any atom is -0.456 e. The first-order valence-corrected chi connectivity index (χ1v) is 9.37. The van der Waals surface area contributed by atoms with Crippen LogP contribution in [0.4, 0.5) is 0 Å². The summed E-state index contributed by atoms with van der Waals surface area (Å²) in [7, 11) is 1.37. The molecule has 3 rings (SSSR count). The van der Waals surface area contributed by atoms with Crippen LogP contribution >= 0.6 is 0 Å². The fourth-order valence-corrected chi connectivity index (χ4v) is 3.51. The van der Waals surface area contributed by atoms with Gasteiger partial charge in [0.05, 0.1) is 0 Å². The highest BCUT2D eigenvalue weighted by Gasteiger charge is 2.52. The van der Waals surface area contributed by atoms with Crippen molar-refractivity contribution in [2.75, 3.05) is 13.9 Å². The topological polar surface area (TPSA) is 116 Å². The van der Waals surface area contributed by atoms with Gasteiger partial charge >= 0.3 is 17.9 Å². The van der Waals surface area contributed by atoms with Gasteiger partial charge in [0.15, 0.2) is 36.1 Å². The van der Waals surface area contributed by atoms with Crippen molar-refractivity contribution in [3.05, 3.63) is 23.8 Å². The fraction of sp³-hybridized carbons (Fsp3) is 0.550. The number of rotatable bonds is 6. The second-order valence-electron chi connectivity index (χ2n) is 6.89. The first-order valence-electron chi connectivity index (χ1n) is 9.37. The number of fused-ring (bicyclic) bond motifs is 1. The maximum atomic E-state index is 11.8. The number of hydrogen-bond donors (Lipinski definition) is 0. The van der Waals surface area contributed by atoms with Crippen LogP contribution in [0.3, 0.4) is 0 Å². The minimum atomic E-state index is -1.12. The van der Waals surface area contributed by atoms with Crippen LogP contribution in [-0.2, 0) is 44.5 Å². The average molecular weight is 424 g/mol. The van der Waals surface area contributed by atoms with Crippen molar-refractivity contribution in [1.29, 1.82) is 0 Å². The van der Waals surface area contributed by atoms with Gasteiger partial charge in [-0.1, -0.05) is 6.07 Å². The molecule has 0 bridgehead atoms. The molecule has 0 spiro atoms. The molecule has 5 atom stereocenters. The number of esters is 3. The Morgan fingerprint density at radius 1 is 0.900 bits per heavy atom. The largest absolute Gasteiger partial charge is 0.456 e. The van der Waals surface area contributed by atoms with Crippen LogP contribution in [0, 0.1) is 0 Å². The summed E-state index contributed by atoms with van der Waals surface area (Å²) in [6.45, 7) is 3.78. The Kier molecular flexibility index (Phi) is 6.78. The molecule has 1 saturated heterocycles. The molecule has 0 saturated carbocycles. The third-order valence-electron chi connectivity index (χ3n) is 4.60. The summed E-state index contributed by atoms with van der Waals surface area (Å²) in [5, 5.41) is 0. The molecule has 1 aromatic carbocycles. The molecule has 0 unspecified atom stereocenters. The molecule has 10 nitrogen and oxygen atoms in total. The molecular weight excluding hydrogens is 400 g/mol. The fourth-order valence-electron chi connectivity index (χ4n) is 3.51. The Labute approximate surface area is 173 Å². The smallest absolute Gasteiger partial charge is 0.303 e. The molecule has 0 N–H and O–H groups in total. The lowest BCUT2D eigenvalue weighted by Gasteiger charge is -2.44. The van der Waals surface area contributed by atoms with E-state index < -0.39 is 48.6 Å². The van der Waals surface area contributed by atoms with Gasteiger partial charge in [-0.15, -0.1) is 0 Å². The van der Waals surface area contributed by atoms with E-state index >= 15 is 0 Å². The number of benzene rings is 1. The van der Waals surface area contributed by atoms with Gasteiger partial charge in [0, 0.05) is 34.3 Å². The Morgan fingerprint density at radius 3 is 2.13 bits per heavy atom. The van der Waals surface area contributed by atoms with Gasteiger partial charge in [0.1, 0.15) is 6.10 Å². The lowest BCUT2D eigenvalue weighted by molar-refractivity contribution is -0.297. The van der Waals surface area contributed by atoms with E-state index in [1.165, 1.54) is 27.9 Å². The van der Waals surface area contributed by atoms with Crippen LogP contribution in [0.15, 0.2) is 18.2 Å². The zero-order valence-corrected chi connectivity index (χ0v) is 17.1. The third-order valence-corrected chi connectivity index (χ3v) is 4.60. The van der Waals surface area contributed by atoms with E-state index in [1.54, 1.807) is 12.1 Å². The van der Waals surface area contributed by atoms with Crippen LogP contribution in [0.2, 0.25) is 0 Å². The van der Waals surface area contributed by atoms with Gasteiger partial charge in [0.25, 0.3) is 0 Å². The first-order chi connectivity index (χ1) is 14.3. The summed E-state index contributed by atoms with van der Waals surface area (Å²) in [6, 6.07) is 5.38. The lowest BCUT2D eigenvalue weighted by atomic mass is 9.93. The number of ether oxygens (including phenoxy) is 7. The first kappa shape index (κ1) is 21.8. The summed E-state index contributed by atoms with van der Waals surface area (Å²) in [5.41, 5.74) is 0.809. The predicted octanol–water partition coefficient (Wildman–Crippen LogP) is 1.12. The van der Waals surface area contributed by atoms with Crippen LogP contribution in [0.1, 0.15) is 26.3 Å². The van der Waals surface area contributed by atoms with Crippen molar-refractivity contribution in [2.45, 2.75) is 57.9 Å². The Morgan fingerprint density at radius 2 is 1.50 bits per heavy atom. The van der Waals surface area contributed by atoms with Gasteiger partial charge in [-0.05, 0) is 17.7 Å². The molecule has 2 heterocycles. The van der Waals surface area contributed by atoms with Gasteiger partial charge in [-0.3, -0.25) is 14.4 Å². The Balaban J connectivity index is 1.92. The molecular formula is C20H24O10. The second-order valence-corrected chi connectivity index (χ2v) is 6.89. The van der Waals surface area contributed by atoms with Gasteiger partial charge in [-0.25, -0.2) is 0 Å². The summed E-state index contributed by atoms with van der Waals surface area (Å²) in [5.74, 6) is -0.646. The van der Waals surface area contributed by atoms with E-state index in [9.17, 15) is 14.4 Å². The summed E-state index contributed by atoms with van der Waals surface area (Å²) < 4.78 is 38.1. The van der Waals surface area contributed by atoms with Gasteiger partial charge < -0.3 is 33.2 Å². The number of carbonyl (C=O) groups is 3. The van der Waals surface area contributed by atoms with E-state index in [4.69, 9.17) is 33.2 Å². The van der Waals surface area contributed by atoms with Gasteiger partial charge in [0.2, 0.25) is 6.79 Å². The third kappa shape index (κ3) is 5.00. The number of methoxy groups -OCH3 is 1. The minimum absolute atomic E-state index is 0.138. The standard InChI is InChI=1S/C20H24O10/c1-10(21)27-17-16(8-13-5-6-14-15(7-13)26-9-25-14)30-20(24-4)19(29-12(3)23)18(17)28-11(2)22/h5-7,16-20H,8-9H2,1-4H3/t16-,17-,18+,19-,20+/m1/s1. The van der Waals surface area contributed by atoms with E-state index in [0.29, 0.717) is 11.5 Å². The van der Waals surface area contributed by atoms with Crippen LogP contribution < -0.4 is 9.47 Å². The highest BCUT2D eigenvalue weighted by Crippen LogP contribution is 2.35. The summed E-state index contributed by atoms with van der Waals surface area (Å²) >= 11 is 0. The van der Waals surface area contributed by atoms with Crippen molar-refractivity contribution in [3.8, 4) is 11.5 Å². The number of carbonyl (C=O) groups excluding carboxylic acids is 3. The van der Waals surface area contributed by atoms with Crippen LogP contribution in [0.25, 0.3) is 0 Å². The highest BCUT2D eigenvalue weighted by molar-refractivity contribution is 5.68. The predicted molar refractivity (Wildman–Crippen MR) is 98.6 cm³/mol. The molecule has 10 heteroatoms. The molecule has 1 fully saturated rings. The molecule has 0 amide bonds. The normalized spacial score (nSPS) is 27.3. The maximum absolute atomic E-state index is 11.8. The zero-order valence-electron chi connectivity index (χ0n) is 17.1. The molecule has 0 aromatic heterocycles. The highest BCUT2D eigenvalue weighted by atomic mass is 16.7. The zero-order chi connectivity index (χ0) is 21.8. The molecule has 2 aliphatic heterocycles. The van der Waals surface area contributed by atoms with Crippen molar-refractivity contribution in [2.24, 2.45) is 0 Å². The van der Waals surface area contributed by atoms with E-state index in [1.807, 2.05) is 6.07 Å². The summed E-state index contributed by atoms with van der Waals surface area (Å²) in [6.07, 6.45) is -4.78. The molecule has 0 aliphatic carbocycles. The molecule has 30 heavy (non-hydrogen) atoms. The van der Waals surface area contributed by atoms with Crippen molar-refractivity contribution in [1.82, 2.24) is 0 Å². The summed E-state index contributed by atoms with van der Waals surface area (Å²) in [4.78, 5) is 35.1. The van der Waals surface area contributed by atoms with Crippen LogP contribution in [-0.4, -0.2) is 62.5 Å². The van der Waals surface area contributed by atoms with E-state index in [2.05, 4.69) is 0 Å². The Hall–Kier alpha value is -2.85. The van der Waals surface area contributed by atoms with Crippen molar-refractivity contribution in [3.63, 3.8) is 0 Å². The second kappa shape index (κ2) is 9.31. The SMILES string of the molecule is CO[C@H]1O[C@H](Cc2ccc3c(c2)OCO3)[C@@H](OC(C)=O)[C@H](OC(C)=O)[C@H]1OC(C)=O. The maximum Gasteiger partial charge on any atom is 0.303 e. The Bertz CT molecular complexity index is 807. The quantitative estimate of drug-likeness (QED) is 0.486. The van der Waals surface area contributed by atoms with E-state index in [-0.39, 0.29) is 13.2 Å².